The number of hydrogen-bond donors (Lipinski definition) is 2. The molecule has 21 heavy (non-hydrogen) atoms. The van der Waals surface area contributed by atoms with Gasteiger partial charge in [-0.3, -0.25) is 0 Å². The highest BCUT2D eigenvalue weighted by atomic mass is 32.2. The third-order valence-corrected chi connectivity index (χ3v) is 6.73. The highest BCUT2D eigenvalue weighted by molar-refractivity contribution is 7.91. The predicted molar refractivity (Wildman–Crippen MR) is 87.6 cm³/mol. The molecule has 0 amide bonds. The van der Waals surface area contributed by atoms with E-state index in [1.807, 2.05) is 6.92 Å². The van der Waals surface area contributed by atoms with Crippen LogP contribution in [0.5, 0.6) is 0 Å². The van der Waals surface area contributed by atoms with Crippen LogP contribution in [0.4, 0.5) is 10.8 Å². The molecule has 0 saturated carbocycles. The molecule has 3 N–H and O–H groups in total. The molecule has 0 unspecified atom stereocenters. The summed E-state index contributed by atoms with van der Waals surface area (Å²) in [5, 5.41) is 3.96. The van der Waals surface area contributed by atoms with Crippen molar-refractivity contribution in [2.75, 3.05) is 36.4 Å². The van der Waals surface area contributed by atoms with Crippen LogP contribution in [0.2, 0.25) is 0 Å². The minimum Gasteiger partial charge on any atom is -0.382 e. The van der Waals surface area contributed by atoms with Crippen molar-refractivity contribution in [1.29, 1.82) is 0 Å². The van der Waals surface area contributed by atoms with Gasteiger partial charge in [0, 0.05) is 19.1 Å². The molecule has 0 aliphatic carbocycles. The van der Waals surface area contributed by atoms with Crippen molar-refractivity contribution in [3.63, 3.8) is 0 Å². The Morgan fingerprint density at radius 1 is 1.38 bits per heavy atom. The van der Waals surface area contributed by atoms with E-state index in [0.29, 0.717) is 17.5 Å². The van der Waals surface area contributed by atoms with Crippen LogP contribution in [0.25, 0.3) is 0 Å². The molecule has 2 rings (SSSR count). The summed E-state index contributed by atoms with van der Waals surface area (Å²) in [6.45, 7) is 7.16. The van der Waals surface area contributed by atoms with Crippen LogP contribution >= 0.6 is 11.5 Å². The second kappa shape index (κ2) is 6.93. The first kappa shape index (κ1) is 16.5. The van der Waals surface area contributed by atoms with Crippen molar-refractivity contribution in [3.05, 3.63) is 0 Å². The highest BCUT2D eigenvalue weighted by Gasteiger charge is 2.27. The minimum absolute atomic E-state index is 0.110. The summed E-state index contributed by atoms with van der Waals surface area (Å²) in [6.07, 6.45) is 2.60. The van der Waals surface area contributed by atoms with E-state index in [1.165, 1.54) is 0 Å². The molecule has 8 heteroatoms. The summed E-state index contributed by atoms with van der Waals surface area (Å²) >= 11 is 1.15. The Hall–Kier alpha value is -0.860. The van der Waals surface area contributed by atoms with E-state index in [1.54, 1.807) is 0 Å². The third kappa shape index (κ3) is 3.87. The molecule has 1 saturated heterocycles. The largest absolute Gasteiger partial charge is 0.382 e. The molecular formula is C13H24N4O2S2. The van der Waals surface area contributed by atoms with Crippen LogP contribution in [-0.2, 0) is 9.84 Å². The SMILES string of the molecule is CCCS(=O)(=O)c1c(N)nsc1NC1CCN(CC)CC1. The molecule has 0 bridgehead atoms. The summed E-state index contributed by atoms with van der Waals surface area (Å²) in [7, 11) is -3.34. The average molecular weight is 332 g/mol. The van der Waals surface area contributed by atoms with Crippen molar-refractivity contribution in [3.8, 4) is 0 Å². The van der Waals surface area contributed by atoms with Gasteiger partial charge in [-0.15, -0.1) is 0 Å². The number of likely N-dealkylation sites (tertiary alicyclic amines) is 1. The Balaban J connectivity index is 2.12. The molecule has 2 heterocycles. The van der Waals surface area contributed by atoms with Gasteiger partial charge in [0.05, 0.1) is 5.75 Å². The topological polar surface area (TPSA) is 88.3 Å². The van der Waals surface area contributed by atoms with Gasteiger partial charge in [0.1, 0.15) is 9.90 Å². The number of anilines is 2. The smallest absolute Gasteiger partial charge is 0.185 e. The average Bonchev–Trinajstić information content (AvgIpc) is 2.81. The molecular weight excluding hydrogens is 308 g/mol. The monoisotopic (exact) mass is 332 g/mol. The lowest BCUT2D eigenvalue weighted by Gasteiger charge is -2.31. The molecule has 1 fully saturated rings. The van der Waals surface area contributed by atoms with Gasteiger partial charge >= 0.3 is 0 Å². The van der Waals surface area contributed by atoms with Crippen molar-refractivity contribution in [2.45, 2.75) is 44.0 Å². The lowest BCUT2D eigenvalue weighted by Crippen LogP contribution is -2.38. The predicted octanol–water partition coefficient (Wildman–Crippen LogP) is 1.81. The zero-order chi connectivity index (χ0) is 15.5. The molecule has 1 aromatic rings. The van der Waals surface area contributed by atoms with Crippen molar-refractivity contribution in [2.24, 2.45) is 0 Å². The zero-order valence-electron chi connectivity index (χ0n) is 12.6. The molecule has 1 aromatic heterocycles. The van der Waals surface area contributed by atoms with Gasteiger partial charge in [-0.2, -0.15) is 4.37 Å². The number of nitrogens with zero attached hydrogens (tertiary/aromatic N) is 2. The fourth-order valence-electron chi connectivity index (χ4n) is 2.64. The number of nitrogen functional groups attached to an aromatic ring is 1. The van der Waals surface area contributed by atoms with Gasteiger partial charge in [0.2, 0.25) is 0 Å². The van der Waals surface area contributed by atoms with E-state index in [4.69, 9.17) is 5.73 Å². The zero-order valence-corrected chi connectivity index (χ0v) is 14.3. The van der Waals surface area contributed by atoms with Crippen molar-refractivity contribution < 1.29 is 8.42 Å². The van der Waals surface area contributed by atoms with Crippen LogP contribution in [0, 0.1) is 0 Å². The number of piperidine rings is 1. The van der Waals surface area contributed by atoms with E-state index >= 15 is 0 Å². The lowest BCUT2D eigenvalue weighted by molar-refractivity contribution is 0.229. The number of nitrogens with two attached hydrogens (primary N) is 1. The first-order valence-corrected chi connectivity index (χ1v) is 9.87. The molecule has 0 radical (unpaired) electrons. The highest BCUT2D eigenvalue weighted by Crippen LogP contribution is 2.34. The molecule has 6 nitrogen and oxygen atoms in total. The summed E-state index contributed by atoms with van der Waals surface area (Å²) in [5.74, 6) is 0.236. The Labute approximate surface area is 130 Å². The number of nitrogens with one attached hydrogen (secondary N) is 1. The Kier molecular flexibility index (Phi) is 5.45. The van der Waals surface area contributed by atoms with E-state index in [-0.39, 0.29) is 16.5 Å². The fraction of sp³-hybridized carbons (Fsp3) is 0.769. The summed E-state index contributed by atoms with van der Waals surface area (Å²) < 4.78 is 28.7. The molecule has 0 aromatic carbocycles. The third-order valence-electron chi connectivity index (χ3n) is 3.83. The van der Waals surface area contributed by atoms with Crippen molar-refractivity contribution in [1.82, 2.24) is 9.27 Å². The van der Waals surface area contributed by atoms with E-state index < -0.39 is 9.84 Å². The maximum absolute atomic E-state index is 12.3. The van der Waals surface area contributed by atoms with Crippen LogP contribution < -0.4 is 11.1 Å². The maximum atomic E-state index is 12.3. The summed E-state index contributed by atoms with van der Waals surface area (Å²) in [5.41, 5.74) is 5.78. The summed E-state index contributed by atoms with van der Waals surface area (Å²) in [4.78, 5) is 2.60. The quantitative estimate of drug-likeness (QED) is 0.826. The van der Waals surface area contributed by atoms with Gasteiger partial charge in [0.15, 0.2) is 15.7 Å². The molecule has 1 aliphatic rings. The second-order valence-electron chi connectivity index (χ2n) is 5.40. The number of hydrogen-bond acceptors (Lipinski definition) is 7. The van der Waals surface area contributed by atoms with Gasteiger partial charge in [-0.1, -0.05) is 13.8 Å². The Morgan fingerprint density at radius 2 is 2.05 bits per heavy atom. The van der Waals surface area contributed by atoms with Gasteiger partial charge in [0.25, 0.3) is 0 Å². The van der Waals surface area contributed by atoms with Crippen LogP contribution in [0.3, 0.4) is 0 Å². The first-order valence-electron chi connectivity index (χ1n) is 7.44. The van der Waals surface area contributed by atoms with Gasteiger partial charge in [-0.25, -0.2) is 8.42 Å². The summed E-state index contributed by atoms with van der Waals surface area (Å²) in [6, 6.07) is 0.295. The number of rotatable bonds is 6. The molecule has 1 aliphatic heterocycles. The first-order chi connectivity index (χ1) is 9.97. The molecule has 0 spiro atoms. The normalized spacial score (nSPS) is 18.0. The van der Waals surface area contributed by atoms with Crippen LogP contribution in [0.1, 0.15) is 33.1 Å². The maximum Gasteiger partial charge on any atom is 0.185 e. The second-order valence-corrected chi connectivity index (χ2v) is 8.22. The Morgan fingerprint density at radius 3 is 2.62 bits per heavy atom. The van der Waals surface area contributed by atoms with Crippen LogP contribution in [-0.4, -0.2) is 49.1 Å². The van der Waals surface area contributed by atoms with Crippen molar-refractivity contribution >= 4 is 32.2 Å². The lowest BCUT2D eigenvalue weighted by atomic mass is 10.1. The fourth-order valence-corrected chi connectivity index (χ4v) is 5.32. The standard InChI is InChI=1S/C13H24N4O2S2/c1-3-9-21(18,19)11-12(14)16-20-13(11)15-10-5-7-17(4-2)8-6-10/h10,15H,3-9H2,1-2H3,(H2,14,16). The van der Waals surface area contributed by atoms with Crippen LogP contribution in [0.15, 0.2) is 4.90 Å². The molecule has 0 atom stereocenters. The number of sulfone groups is 1. The van der Waals surface area contributed by atoms with E-state index in [9.17, 15) is 8.42 Å². The number of aromatic nitrogens is 1. The van der Waals surface area contributed by atoms with Gasteiger partial charge in [-0.05, 0) is 37.3 Å². The Bertz CT molecular complexity index is 563. The van der Waals surface area contributed by atoms with E-state index in [0.717, 1.165) is 44.0 Å². The van der Waals surface area contributed by atoms with E-state index in [2.05, 4.69) is 21.5 Å². The minimum atomic E-state index is -3.34. The molecule has 120 valence electrons. The van der Waals surface area contributed by atoms with Gasteiger partial charge < -0.3 is 16.0 Å².